The largest absolute Gasteiger partial charge is 0.445 e. The molecule has 0 saturated heterocycles. The van der Waals surface area contributed by atoms with Crippen LogP contribution in [0.1, 0.15) is 11.1 Å². The van der Waals surface area contributed by atoms with E-state index >= 15 is 0 Å². The zero-order valence-corrected chi connectivity index (χ0v) is 14.1. The van der Waals surface area contributed by atoms with Crippen molar-refractivity contribution in [2.45, 2.75) is 18.2 Å². The Morgan fingerprint density at radius 2 is 1.71 bits per heavy atom. The molecular formula is C18H19NO4S. The van der Waals surface area contributed by atoms with Gasteiger partial charge in [0, 0.05) is 0 Å². The van der Waals surface area contributed by atoms with Crippen molar-refractivity contribution in [3.63, 3.8) is 0 Å². The fourth-order valence-corrected chi connectivity index (χ4v) is 2.83. The van der Waals surface area contributed by atoms with Gasteiger partial charge in [0.1, 0.15) is 6.61 Å². The smallest absolute Gasteiger partial charge is 0.421 e. The summed E-state index contributed by atoms with van der Waals surface area (Å²) in [7, 11) is -3.91. The highest BCUT2D eigenvalue weighted by Gasteiger charge is 2.17. The Kier molecular flexibility index (Phi) is 6.14. The first-order chi connectivity index (χ1) is 11.5. The van der Waals surface area contributed by atoms with Crippen molar-refractivity contribution < 1.29 is 17.9 Å². The molecule has 0 aliphatic heterocycles. The Morgan fingerprint density at radius 1 is 1.04 bits per heavy atom. The highest BCUT2D eigenvalue weighted by molar-refractivity contribution is 7.90. The molecule has 5 nitrogen and oxygen atoms in total. The number of benzene rings is 2. The third-order valence-corrected chi connectivity index (χ3v) is 4.55. The first-order valence-electron chi connectivity index (χ1n) is 7.42. The van der Waals surface area contributed by atoms with E-state index in [9.17, 15) is 13.2 Å². The molecule has 1 amide bonds. The van der Waals surface area contributed by atoms with Gasteiger partial charge >= 0.3 is 6.09 Å². The molecule has 0 radical (unpaired) electrons. The van der Waals surface area contributed by atoms with Crippen LogP contribution in [0.15, 0.2) is 71.6 Å². The van der Waals surface area contributed by atoms with E-state index in [0.29, 0.717) is 6.42 Å². The fraction of sp³-hybridized carbons (Fsp3) is 0.167. The number of carbonyl (C=O) groups is 1. The first kappa shape index (κ1) is 17.7. The monoisotopic (exact) mass is 345 g/mol. The molecule has 126 valence electrons. The predicted octanol–water partition coefficient (Wildman–Crippen LogP) is 3.21. The summed E-state index contributed by atoms with van der Waals surface area (Å²) < 4.78 is 30.7. The SMILES string of the molecule is Cc1ccc(S(=O)(=O)NC(=O)OC/C=C/Cc2ccccc2)cc1. The van der Waals surface area contributed by atoms with E-state index in [0.717, 1.165) is 11.1 Å². The summed E-state index contributed by atoms with van der Waals surface area (Å²) >= 11 is 0. The van der Waals surface area contributed by atoms with Crippen LogP contribution >= 0.6 is 0 Å². The molecule has 1 N–H and O–H groups in total. The van der Waals surface area contributed by atoms with Gasteiger partial charge in [-0.25, -0.2) is 17.9 Å². The van der Waals surface area contributed by atoms with Crippen molar-refractivity contribution in [3.05, 3.63) is 77.9 Å². The van der Waals surface area contributed by atoms with Crippen LogP contribution in [0, 0.1) is 6.92 Å². The minimum atomic E-state index is -3.91. The minimum absolute atomic E-state index is 0.00207. The molecule has 2 rings (SSSR count). The number of aryl methyl sites for hydroxylation is 1. The Bertz CT molecular complexity index is 797. The summed E-state index contributed by atoms with van der Waals surface area (Å²) in [6, 6.07) is 16.0. The van der Waals surface area contributed by atoms with Crippen molar-refractivity contribution in [2.75, 3.05) is 6.61 Å². The second-order valence-electron chi connectivity index (χ2n) is 5.18. The molecule has 0 heterocycles. The lowest BCUT2D eigenvalue weighted by Gasteiger charge is -2.07. The Hall–Kier alpha value is -2.60. The van der Waals surface area contributed by atoms with Crippen molar-refractivity contribution in [1.29, 1.82) is 0 Å². The van der Waals surface area contributed by atoms with Gasteiger partial charge in [-0.2, -0.15) is 0 Å². The number of carbonyl (C=O) groups excluding carboxylic acids is 1. The molecule has 0 unspecified atom stereocenters. The molecular weight excluding hydrogens is 326 g/mol. The first-order valence-corrected chi connectivity index (χ1v) is 8.91. The van der Waals surface area contributed by atoms with Crippen LogP contribution in [0.5, 0.6) is 0 Å². The zero-order chi connectivity index (χ0) is 17.4. The number of ether oxygens (including phenoxy) is 1. The average molecular weight is 345 g/mol. The highest BCUT2D eigenvalue weighted by Crippen LogP contribution is 2.09. The number of rotatable bonds is 6. The zero-order valence-electron chi connectivity index (χ0n) is 13.3. The molecule has 0 fully saturated rings. The number of sulfonamides is 1. The van der Waals surface area contributed by atoms with Crippen LogP contribution in [-0.4, -0.2) is 21.1 Å². The topological polar surface area (TPSA) is 72.5 Å². The molecule has 6 heteroatoms. The maximum atomic E-state index is 12.0. The standard InChI is InChI=1S/C18H19NO4S/c1-15-10-12-17(13-11-15)24(21,22)19-18(20)23-14-6-5-9-16-7-3-2-4-8-16/h2-8,10-13H,9,14H2,1H3,(H,19,20)/b6-5+. The van der Waals surface area contributed by atoms with E-state index in [1.807, 2.05) is 48.1 Å². The molecule has 0 saturated carbocycles. The molecule has 24 heavy (non-hydrogen) atoms. The molecule has 0 bridgehead atoms. The predicted molar refractivity (Wildman–Crippen MR) is 92.1 cm³/mol. The summed E-state index contributed by atoms with van der Waals surface area (Å²) in [5.41, 5.74) is 2.07. The summed E-state index contributed by atoms with van der Waals surface area (Å²) in [4.78, 5) is 11.6. The molecule has 0 aliphatic rings. The Balaban J connectivity index is 1.79. The fourth-order valence-electron chi connectivity index (χ4n) is 1.94. The molecule has 0 spiro atoms. The second kappa shape index (κ2) is 8.31. The van der Waals surface area contributed by atoms with E-state index in [-0.39, 0.29) is 11.5 Å². The summed E-state index contributed by atoms with van der Waals surface area (Å²) in [6.45, 7) is 1.85. The molecule has 2 aromatic carbocycles. The number of amides is 1. The van der Waals surface area contributed by atoms with Crippen LogP contribution < -0.4 is 4.72 Å². The van der Waals surface area contributed by atoms with Crippen molar-refractivity contribution >= 4 is 16.1 Å². The van der Waals surface area contributed by atoms with Crippen LogP contribution in [0.25, 0.3) is 0 Å². The number of hydrogen-bond donors (Lipinski definition) is 1. The minimum Gasteiger partial charge on any atom is -0.445 e. The molecule has 0 aliphatic carbocycles. The van der Waals surface area contributed by atoms with Crippen LogP contribution in [0.2, 0.25) is 0 Å². The van der Waals surface area contributed by atoms with Gasteiger partial charge in [-0.05, 0) is 31.0 Å². The van der Waals surface area contributed by atoms with E-state index in [1.54, 1.807) is 18.2 Å². The number of allylic oxidation sites excluding steroid dienone is 1. The lowest BCUT2D eigenvalue weighted by molar-refractivity contribution is 0.165. The van der Waals surface area contributed by atoms with Crippen molar-refractivity contribution in [3.8, 4) is 0 Å². The lowest BCUT2D eigenvalue weighted by atomic mass is 10.1. The maximum Gasteiger partial charge on any atom is 0.421 e. The second-order valence-corrected chi connectivity index (χ2v) is 6.86. The van der Waals surface area contributed by atoms with Crippen LogP contribution in [0.3, 0.4) is 0 Å². The van der Waals surface area contributed by atoms with E-state index < -0.39 is 16.1 Å². The maximum absolute atomic E-state index is 12.0. The molecule has 0 atom stereocenters. The van der Waals surface area contributed by atoms with E-state index in [1.165, 1.54) is 12.1 Å². The highest BCUT2D eigenvalue weighted by atomic mass is 32.2. The third-order valence-electron chi connectivity index (χ3n) is 3.22. The van der Waals surface area contributed by atoms with E-state index in [2.05, 4.69) is 0 Å². The number of nitrogens with one attached hydrogen (secondary N) is 1. The van der Waals surface area contributed by atoms with Crippen molar-refractivity contribution in [1.82, 2.24) is 4.72 Å². The third kappa shape index (κ3) is 5.55. The summed E-state index contributed by atoms with van der Waals surface area (Å²) in [5, 5.41) is 0. The Morgan fingerprint density at radius 3 is 2.38 bits per heavy atom. The van der Waals surface area contributed by atoms with Gasteiger partial charge in [-0.3, -0.25) is 0 Å². The van der Waals surface area contributed by atoms with Gasteiger partial charge in [-0.15, -0.1) is 0 Å². The summed E-state index contributed by atoms with van der Waals surface area (Å²) in [6.07, 6.45) is 3.25. The van der Waals surface area contributed by atoms with Crippen molar-refractivity contribution in [2.24, 2.45) is 0 Å². The van der Waals surface area contributed by atoms with Crippen LogP contribution in [0.4, 0.5) is 4.79 Å². The lowest BCUT2D eigenvalue weighted by Crippen LogP contribution is -2.31. The van der Waals surface area contributed by atoms with Crippen LogP contribution in [-0.2, 0) is 21.2 Å². The number of hydrogen-bond acceptors (Lipinski definition) is 4. The van der Waals surface area contributed by atoms with Gasteiger partial charge in [-0.1, -0.05) is 60.2 Å². The van der Waals surface area contributed by atoms with Gasteiger partial charge in [0.2, 0.25) is 0 Å². The average Bonchev–Trinajstić information content (AvgIpc) is 2.55. The van der Waals surface area contributed by atoms with Gasteiger partial charge < -0.3 is 4.74 Å². The van der Waals surface area contributed by atoms with Gasteiger partial charge in [0.15, 0.2) is 0 Å². The molecule has 2 aromatic rings. The van der Waals surface area contributed by atoms with Gasteiger partial charge in [0.25, 0.3) is 10.0 Å². The van der Waals surface area contributed by atoms with Gasteiger partial charge in [0.05, 0.1) is 4.90 Å². The quantitative estimate of drug-likeness (QED) is 0.816. The normalized spacial score (nSPS) is 11.4. The summed E-state index contributed by atoms with van der Waals surface area (Å²) in [5.74, 6) is 0. The molecule has 0 aromatic heterocycles. The Labute approximate surface area is 142 Å². The van der Waals surface area contributed by atoms with E-state index in [4.69, 9.17) is 4.74 Å².